The van der Waals surface area contributed by atoms with Crippen LogP contribution in [0.4, 0.5) is 0 Å². The van der Waals surface area contributed by atoms with E-state index in [9.17, 15) is 0 Å². The number of hydrogen-bond acceptors (Lipinski definition) is 3. The predicted molar refractivity (Wildman–Crippen MR) is 90.1 cm³/mol. The molecule has 1 aromatic heterocycles. The Morgan fingerprint density at radius 1 is 1.33 bits per heavy atom. The number of hydrogen-bond donors (Lipinski definition) is 1. The molecule has 0 saturated heterocycles. The Morgan fingerprint density at radius 3 is 2.81 bits per heavy atom. The van der Waals surface area contributed by atoms with Gasteiger partial charge < -0.3 is 10.1 Å². The second kappa shape index (κ2) is 7.78. The first-order chi connectivity index (χ1) is 10.2. The highest BCUT2D eigenvalue weighted by Crippen LogP contribution is 2.31. The van der Waals surface area contributed by atoms with E-state index in [2.05, 4.69) is 33.2 Å². The Kier molecular flexibility index (Phi) is 6.03. The zero-order valence-electron chi connectivity index (χ0n) is 12.1. The zero-order valence-corrected chi connectivity index (χ0v) is 14.4. The number of nitrogens with one attached hydrogen (secondary N) is 1. The lowest BCUT2D eigenvalue weighted by atomic mass is 10.0. The molecule has 1 heterocycles. The van der Waals surface area contributed by atoms with Gasteiger partial charge in [0.2, 0.25) is 0 Å². The Morgan fingerprint density at radius 2 is 2.14 bits per heavy atom. The van der Waals surface area contributed by atoms with Gasteiger partial charge in [0, 0.05) is 15.7 Å². The lowest BCUT2D eigenvalue weighted by molar-refractivity contribution is 0.315. The Bertz CT molecular complexity index is 607. The van der Waals surface area contributed by atoms with Crippen LogP contribution >= 0.6 is 27.5 Å². The quantitative estimate of drug-likeness (QED) is 0.808. The highest BCUT2D eigenvalue weighted by atomic mass is 79.9. The van der Waals surface area contributed by atoms with Gasteiger partial charge in [-0.15, -0.1) is 0 Å². The number of ether oxygens (including phenoxy) is 1. The van der Waals surface area contributed by atoms with Crippen LogP contribution in [0.25, 0.3) is 0 Å². The van der Waals surface area contributed by atoms with E-state index in [0.29, 0.717) is 11.6 Å². The average Bonchev–Trinajstić information content (AvgIpc) is 2.48. The fraction of sp³-hybridized carbons (Fsp3) is 0.312. The van der Waals surface area contributed by atoms with Crippen molar-refractivity contribution in [1.82, 2.24) is 10.3 Å². The maximum atomic E-state index is 6.35. The third-order valence-corrected chi connectivity index (χ3v) is 3.92. The molecule has 21 heavy (non-hydrogen) atoms. The molecule has 112 valence electrons. The number of halogens is 2. The standard InChI is InChI=1S/C16H18BrClN2O/c1-3-6-21-13-7-11(9-20-10-13)16(19-2)14-5-4-12(17)8-15(14)18/h4-5,7-10,16,19H,3,6H2,1-2H3. The number of pyridine rings is 1. The summed E-state index contributed by atoms with van der Waals surface area (Å²) in [6, 6.07) is 7.86. The van der Waals surface area contributed by atoms with Crippen LogP contribution in [0.3, 0.4) is 0 Å². The van der Waals surface area contributed by atoms with Crippen LogP contribution in [-0.2, 0) is 0 Å². The molecular formula is C16H18BrClN2O. The van der Waals surface area contributed by atoms with Gasteiger partial charge in [-0.3, -0.25) is 4.98 Å². The minimum absolute atomic E-state index is 0.0247. The molecule has 0 fully saturated rings. The van der Waals surface area contributed by atoms with Crippen molar-refractivity contribution in [1.29, 1.82) is 0 Å². The summed E-state index contributed by atoms with van der Waals surface area (Å²) in [5, 5.41) is 3.99. The van der Waals surface area contributed by atoms with Gasteiger partial charge in [0.25, 0.3) is 0 Å². The molecule has 0 bridgehead atoms. The fourth-order valence-electron chi connectivity index (χ4n) is 2.13. The maximum absolute atomic E-state index is 6.35. The molecule has 1 aromatic carbocycles. The third-order valence-electron chi connectivity index (χ3n) is 3.10. The first-order valence-corrected chi connectivity index (χ1v) is 8.02. The van der Waals surface area contributed by atoms with E-state index in [4.69, 9.17) is 16.3 Å². The summed E-state index contributed by atoms with van der Waals surface area (Å²) < 4.78 is 6.61. The predicted octanol–water partition coefficient (Wildman–Crippen LogP) is 4.60. The molecule has 0 radical (unpaired) electrons. The van der Waals surface area contributed by atoms with Crippen LogP contribution in [-0.4, -0.2) is 18.6 Å². The molecule has 0 aliphatic carbocycles. The number of aromatic nitrogens is 1. The van der Waals surface area contributed by atoms with E-state index >= 15 is 0 Å². The second-order valence-electron chi connectivity index (χ2n) is 4.69. The molecule has 3 nitrogen and oxygen atoms in total. The number of nitrogens with zero attached hydrogens (tertiary/aromatic N) is 1. The van der Waals surface area contributed by atoms with E-state index in [1.165, 1.54) is 0 Å². The normalized spacial score (nSPS) is 12.2. The first-order valence-electron chi connectivity index (χ1n) is 6.85. The van der Waals surface area contributed by atoms with Crippen molar-refractivity contribution in [3.63, 3.8) is 0 Å². The van der Waals surface area contributed by atoms with Crippen molar-refractivity contribution in [2.24, 2.45) is 0 Å². The molecule has 1 atom stereocenters. The lowest BCUT2D eigenvalue weighted by Gasteiger charge is -2.19. The van der Waals surface area contributed by atoms with Crippen LogP contribution in [0.2, 0.25) is 5.02 Å². The van der Waals surface area contributed by atoms with Crippen molar-refractivity contribution in [3.8, 4) is 5.75 Å². The van der Waals surface area contributed by atoms with Crippen molar-refractivity contribution in [2.75, 3.05) is 13.7 Å². The van der Waals surface area contributed by atoms with Crippen LogP contribution < -0.4 is 10.1 Å². The SMILES string of the molecule is CCCOc1cncc(C(NC)c2ccc(Br)cc2Cl)c1. The molecular weight excluding hydrogens is 352 g/mol. The Hall–Kier alpha value is -1.10. The summed E-state index contributed by atoms with van der Waals surface area (Å²) in [5.41, 5.74) is 2.03. The van der Waals surface area contributed by atoms with Crippen molar-refractivity contribution in [2.45, 2.75) is 19.4 Å². The highest BCUT2D eigenvalue weighted by molar-refractivity contribution is 9.10. The van der Waals surface area contributed by atoms with Crippen LogP contribution in [0.1, 0.15) is 30.5 Å². The van der Waals surface area contributed by atoms with E-state index in [0.717, 1.165) is 27.8 Å². The largest absolute Gasteiger partial charge is 0.492 e. The highest BCUT2D eigenvalue weighted by Gasteiger charge is 2.16. The summed E-state index contributed by atoms with van der Waals surface area (Å²) in [6.07, 6.45) is 4.53. The van der Waals surface area contributed by atoms with Crippen molar-refractivity contribution in [3.05, 3.63) is 57.3 Å². The molecule has 0 aliphatic heterocycles. The van der Waals surface area contributed by atoms with Gasteiger partial charge in [-0.2, -0.15) is 0 Å². The second-order valence-corrected chi connectivity index (χ2v) is 6.01. The number of rotatable bonds is 6. The van der Waals surface area contributed by atoms with Gasteiger partial charge >= 0.3 is 0 Å². The molecule has 1 N–H and O–H groups in total. The molecule has 5 heteroatoms. The summed E-state index contributed by atoms with van der Waals surface area (Å²) >= 11 is 9.78. The van der Waals surface area contributed by atoms with Gasteiger partial charge in [-0.25, -0.2) is 0 Å². The molecule has 2 rings (SSSR count). The first kappa shape index (κ1) is 16.3. The number of benzene rings is 1. The molecule has 0 spiro atoms. The van der Waals surface area contributed by atoms with E-state index in [-0.39, 0.29) is 6.04 Å². The summed E-state index contributed by atoms with van der Waals surface area (Å²) in [5.74, 6) is 0.780. The van der Waals surface area contributed by atoms with E-state index < -0.39 is 0 Å². The van der Waals surface area contributed by atoms with Crippen LogP contribution in [0.5, 0.6) is 5.75 Å². The minimum Gasteiger partial charge on any atom is -0.492 e. The van der Waals surface area contributed by atoms with Gasteiger partial charge in [-0.05, 0) is 42.8 Å². The van der Waals surface area contributed by atoms with Gasteiger partial charge in [0.05, 0.1) is 18.8 Å². The lowest BCUT2D eigenvalue weighted by Crippen LogP contribution is -2.18. The van der Waals surface area contributed by atoms with Crippen LogP contribution in [0.15, 0.2) is 41.1 Å². The summed E-state index contributed by atoms with van der Waals surface area (Å²) in [6.45, 7) is 2.77. The molecule has 1 unspecified atom stereocenters. The topological polar surface area (TPSA) is 34.1 Å². The van der Waals surface area contributed by atoms with Gasteiger partial charge in [0.1, 0.15) is 5.75 Å². The minimum atomic E-state index is -0.0247. The molecule has 0 amide bonds. The molecule has 0 saturated carbocycles. The Labute approximate surface area is 138 Å². The van der Waals surface area contributed by atoms with E-state index in [1.807, 2.05) is 37.5 Å². The summed E-state index contributed by atoms with van der Waals surface area (Å²) in [4.78, 5) is 4.26. The Balaban J connectivity index is 2.32. The fourth-order valence-corrected chi connectivity index (χ4v) is 2.91. The average molecular weight is 370 g/mol. The molecule has 0 aliphatic rings. The smallest absolute Gasteiger partial charge is 0.137 e. The third kappa shape index (κ3) is 4.19. The zero-order chi connectivity index (χ0) is 15.2. The monoisotopic (exact) mass is 368 g/mol. The van der Waals surface area contributed by atoms with Gasteiger partial charge in [-0.1, -0.05) is 40.5 Å². The summed E-state index contributed by atoms with van der Waals surface area (Å²) in [7, 11) is 1.91. The molecule has 2 aromatic rings. The van der Waals surface area contributed by atoms with Gasteiger partial charge in [0.15, 0.2) is 0 Å². The van der Waals surface area contributed by atoms with Crippen molar-refractivity contribution < 1.29 is 4.74 Å². The van der Waals surface area contributed by atoms with Crippen molar-refractivity contribution >= 4 is 27.5 Å². The van der Waals surface area contributed by atoms with Crippen LogP contribution in [0, 0.1) is 0 Å². The van der Waals surface area contributed by atoms with E-state index in [1.54, 1.807) is 6.20 Å². The maximum Gasteiger partial charge on any atom is 0.137 e.